The first kappa shape index (κ1) is 16.1. The Morgan fingerprint density at radius 1 is 1.28 bits per heavy atom. The zero-order valence-corrected chi connectivity index (χ0v) is 14.6. The fraction of sp³-hybridized carbons (Fsp3) is 0.368. The van der Waals surface area contributed by atoms with Crippen molar-refractivity contribution in [3.05, 3.63) is 70.0 Å². The van der Waals surface area contributed by atoms with E-state index in [-0.39, 0.29) is 11.6 Å². The predicted octanol–water partition coefficient (Wildman–Crippen LogP) is 1.91. The van der Waals surface area contributed by atoms with Crippen molar-refractivity contribution >= 4 is 5.65 Å². The van der Waals surface area contributed by atoms with Crippen LogP contribution in [-0.4, -0.2) is 38.6 Å². The number of nitrogens with zero attached hydrogens (tertiary/aromatic N) is 4. The lowest BCUT2D eigenvalue weighted by Gasteiger charge is -2.35. The van der Waals surface area contributed by atoms with Crippen molar-refractivity contribution in [2.75, 3.05) is 19.8 Å². The van der Waals surface area contributed by atoms with Gasteiger partial charge in [-0.25, -0.2) is 4.98 Å². The molecule has 1 saturated heterocycles. The third kappa shape index (κ3) is 2.99. The summed E-state index contributed by atoms with van der Waals surface area (Å²) in [5, 5.41) is 0. The number of hydrogen-bond donors (Lipinski definition) is 0. The van der Waals surface area contributed by atoms with Crippen LogP contribution in [0.15, 0.2) is 47.4 Å². The van der Waals surface area contributed by atoms with Gasteiger partial charge < -0.3 is 9.30 Å². The largest absolute Gasteiger partial charge is 0.378 e. The van der Waals surface area contributed by atoms with Gasteiger partial charge in [0.25, 0.3) is 5.56 Å². The van der Waals surface area contributed by atoms with E-state index in [0.29, 0.717) is 25.4 Å². The van der Waals surface area contributed by atoms with Gasteiger partial charge in [0.05, 0.1) is 24.9 Å². The van der Waals surface area contributed by atoms with Crippen molar-refractivity contribution in [3.8, 4) is 0 Å². The molecule has 4 heterocycles. The predicted molar refractivity (Wildman–Crippen MR) is 95.6 cm³/mol. The van der Waals surface area contributed by atoms with Crippen LogP contribution in [0.2, 0.25) is 0 Å². The molecule has 1 aliphatic rings. The lowest BCUT2D eigenvalue weighted by atomic mass is 10.1. The van der Waals surface area contributed by atoms with E-state index >= 15 is 0 Å². The molecule has 3 aromatic heterocycles. The van der Waals surface area contributed by atoms with Crippen LogP contribution in [0.4, 0.5) is 0 Å². The molecule has 25 heavy (non-hydrogen) atoms. The van der Waals surface area contributed by atoms with Crippen molar-refractivity contribution in [3.63, 3.8) is 0 Å². The Balaban J connectivity index is 1.67. The zero-order chi connectivity index (χ0) is 17.4. The fourth-order valence-electron chi connectivity index (χ4n) is 3.57. The Morgan fingerprint density at radius 2 is 2.16 bits per heavy atom. The maximum atomic E-state index is 12.5. The normalized spacial score (nSPS) is 18.7. The molecule has 0 amide bonds. The Morgan fingerprint density at radius 3 is 2.96 bits per heavy atom. The zero-order valence-electron chi connectivity index (χ0n) is 14.6. The average molecular weight is 338 g/mol. The van der Waals surface area contributed by atoms with E-state index in [0.717, 1.165) is 17.9 Å². The lowest BCUT2D eigenvalue weighted by Crippen LogP contribution is -2.40. The Labute approximate surface area is 146 Å². The van der Waals surface area contributed by atoms with Gasteiger partial charge in [0.15, 0.2) is 0 Å². The maximum Gasteiger partial charge on any atom is 0.258 e. The van der Waals surface area contributed by atoms with E-state index in [1.165, 1.54) is 5.69 Å². The highest BCUT2D eigenvalue weighted by atomic mass is 16.5. The van der Waals surface area contributed by atoms with Crippen molar-refractivity contribution in [2.45, 2.75) is 19.5 Å². The molecule has 130 valence electrons. The van der Waals surface area contributed by atoms with E-state index in [1.807, 2.05) is 44.4 Å². The molecule has 1 fully saturated rings. The summed E-state index contributed by atoms with van der Waals surface area (Å²) < 4.78 is 9.47. The summed E-state index contributed by atoms with van der Waals surface area (Å²) in [5.41, 5.74) is 3.59. The van der Waals surface area contributed by atoms with Gasteiger partial charge in [-0.05, 0) is 31.2 Å². The second kappa shape index (κ2) is 6.46. The summed E-state index contributed by atoms with van der Waals surface area (Å²) >= 11 is 0. The van der Waals surface area contributed by atoms with Gasteiger partial charge in [0.2, 0.25) is 0 Å². The molecule has 6 heteroatoms. The number of rotatable bonds is 3. The number of fused-ring (bicyclic) bond motifs is 1. The van der Waals surface area contributed by atoms with Crippen LogP contribution in [0, 0.1) is 6.92 Å². The van der Waals surface area contributed by atoms with Crippen LogP contribution < -0.4 is 5.56 Å². The SMILES string of the molecule is Cc1cccc2nc(CN3CCOCC3c3cccn3C)cc(=O)n12. The monoisotopic (exact) mass is 338 g/mol. The molecule has 0 bridgehead atoms. The minimum atomic E-state index is -0.0261. The first-order valence-electron chi connectivity index (χ1n) is 8.55. The quantitative estimate of drug-likeness (QED) is 0.732. The van der Waals surface area contributed by atoms with Crippen LogP contribution in [0.3, 0.4) is 0 Å². The minimum Gasteiger partial charge on any atom is -0.378 e. The van der Waals surface area contributed by atoms with E-state index in [4.69, 9.17) is 9.72 Å². The Bertz CT molecular complexity index is 959. The average Bonchev–Trinajstić information content (AvgIpc) is 3.01. The molecular weight excluding hydrogens is 316 g/mol. The van der Waals surface area contributed by atoms with Crippen LogP contribution in [0.25, 0.3) is 5.65 Å². The van der Waals surface area contributed by atoms with Crippen molar-refractivity contribution < 1.29 is 4.74 Å². The molecule has 1 unspecified atom stereocenters. The third-order valence-electron chi connectivity index (χ3n) is 4.86. The number of aromatic nitrogens is 3. The van der Waals surface area contributed by atoms with Gasteiger partial charge in [-0.3, -0.25) is 14.1 Å². The molecule has 3 aromatic rings. The van der Waals surface area contributed by atoms with Crippen LogP contribution in [0.5, 0.6) is 0 Å². The number of hydrogen-bond acceptors (Lipinski definition) is 4. The van der Waals surface area contributed by atoms with Crippen LogP contribution >= 0.6 is 0 Å². The summed E-state index contributed by atoms with van der Waals surface area (Å²) in [6, 6.07) is 11.7. The number of ether oxygens (including phenoxy) is 1. The summed E-state index contributed by atoms with van der Waals surface area (Å²) in [7, 11) is 2.05. The van der Waals surface area contributed by atoms with Gasteiger partial charge in [-0.15, -0.1) is 0 Å². The van der Waals surface area contributed by atoms with Crippen LogP contribution in [0.1, 0.15) is 23.1 Å². The number of pyridine rings is 1. The van der Waals surface area contributed by atoms with Crippen molar-refractivity contribution in [2.24, 2.45) is 7.05 Å². The number of morpholine rings is 1. The smallest absolute Gasteiger partial charge is 0.258 e. The Kier molecular flexibility index (Phi) is 4.15. The summed E-state index contributed by atoms with van der Waals surface area (Å²) in [6.45, 7) is 4.74. The van der Waals surface area contributed by atoms with Gasteiger partial charge in [-0.1, -0.05) is 6.07 Å². The minimum absolute atomic E-state index is 0.0261. The molecule has 0 N–H and O–H groups in total. The highest BCUT2D eigenvalue weighted by Gasteiger charge is 2.26. The Hall–Kier alpha value is -2.44. The first-order valence-corrected chi connectivity index (χ1v) is 8.55. The first-order chi connectivity index (χ1) is 12.1. The molecule has 0 aromatic carbocycles. The molecule has 4 rings (SSSR count). The topological polar surface area (TPSA) is 51.8 Å². The summed E-state index contributed by atoms with van der Waals surface area (Å²) in [6.07, 6.45) is 2.05. The lowest BCUT2D eigenvalue weighted by molar-refractivity contribution is -0.0157. The standard InChI is InChI=1S/C19H22N4O2/c1-14-5-3-7-18-20-15(11-19(24)23(14)18)12-22-9-10-25-13-17(22)16-6-4-8-21(16)2/h3-8,11,17H,9-10,12-13H2,1-2H3. The van der Waals surface area contributed by atoms with E-state index in [2.05, 4.69) is 15.5 Å². The molecule has 0 aliphatic carbocycles. The third-order valence-corrected chi connectivity index (χ3v) is 4.86. The molecule has 1 aliphatic heterocycles. The number of aryl methyl sites for hydroxylation is 2. The highest BCUT2D eigenvalue weighted by molar-refractivity contribution is 5.40. The molecule has 1 atom stereocenters. The van der Waals surface area contributed by atoms with Crippen molar-refractivity contribution in [1.82, 2.24) is 18.9 Å². The molecule has 0 saturated carbocycles. The molecule has 6 nitrogen and oxygen atoms in total. The van der Waals surface area contributed by atoms with E-state index in [9.17, 15) is 4.79 Å². The summed E-state index contributed by atoms with van der Waals surface area (Å²) in [5.74, 6) is 0. The van der Waals surface area contributed by atoms with Gasteiger partial charge in [-0.2, -0.15) is 0 Å². The van der Waals surface area contributed by atoms with Crippen LogP contribution in [-0.2, 0) is 18.3 Å². The fourth-order valence-corrected chi connectivity index (χ4v) is 3.57. The molecule has 0 radical (unpaired) electrons. The van der Waals surface area contributed by atoms with Crippen molar-refractivity contribution in [1.29, 1.82) is 0 Å². The van der Waals surface area contributed by atoms with E-state index < -0.39 is 0 Å². The van der Waals surface area contributed by atoms with E-state index in [1.54, 1.807) is 10.5 Å². The molecular formula is C19H22N4O2. The summed E-state index contributed by atoms with van der Waals surface area (Å²) in [4.78, 5) is 19.5. The molecule has 0 spiro atoms. The maximum absolute atomic E-state index is 12.5. The highest BCUT2D eigenvalue weighted by Crippen LogP contribution is 2.25. The second-order valence-corrected chi connectivity index (χ2v) is 6.55. The van der Waals surface area contributed by atoms with Gasteiger partial charge >= 0.3 is 0 Å². The van der Waals surface area contributed by atoms with Gasteiger partial charge in [0.1, 0.15) is 5.65 Å². The van der Waals surface area contributed by atoms with Gasteiger partial charge in [0, 0.05) is 43.8 Å². The second-order valence-electron chi connectivity index (χ2n) is 6.55.